The van der Waals surface area contributed by atoms with Gasteiger partial charge >= 0.3 is 0 Å². The Bertz CT molecular complexity index is 1300. The first-order valence-electron chi connectivity index (χ1n) is 10.9. The smallest absolute Gasteiger partial charge is 0.254 e. The van der Waals surface area contributed by atoms with Gasteiger partial charge in [0.05, 0.1) is 11.0 Å². The van der Waals surface area contributed by atoms with Crippen molar-refractivity contribution in [3.05, 3.63) is 88.2 Å². The summed E-state index contributed by atoms with van der Waals surface area (Å²) in [7, 11) is 0. The number of carbonyl (C=O) groups is 1. The molecule has 4 nitrogen and oxygen atoms in total. The van der Waals surface area contributed by atoms with E-state index < -0.39 is 0 Å². The van der Waals surface area contributed by atoms with Gasteiger partial charge in [-0.25, -0.2) is 4.98 Å². The summed E-state index contributed by atoms with van der Waals surface area (Å²) in [6.45, 7) is 7.50. The molecule has 1 amide bonds. The van der Waals surface area contributed by atoms with Gasteiger partial charge in [0.25, 0.3) is 5.91 Å². The monoisotopic (exact) mass is 409 g/mol. The molecule has 0 radical (unpaired) electrons. The molecule has 0 fully saturated rings. The molecule has 0 bridgehead atoms. The number of benzene rings is 3. The molecule has 0 aliphatic carbocycles. The number of rotatable bonds is 2. The molecular weight excluding hydrogens is 382 g/mol. The van der Waals surface area contributed by atoms with Gasteiger partial charge in [0.15, 0.2) is 0 Å². The van der Waals surface area contributed by atoms with Gasteiger partial charge in [0.2, 0.25) is 0 Å². The maximum Gasteiger partial charge on any atom is 0.254 e. The summed E-state index contributed by atoms with van der Waals surface area (Å²) in [5.41, 5.74) is 10.0. The molecule has 4 heteroatoms. The Morgan fingerprint density at radius 1 is 0.935 bits per heavy atom. The van der Waals surface area contributed by atoms with Crippen LogP contribution in [0.2, 0.25) is 0 Å². The molecule has 0 atom stereocenters. The third-order valence-corrected chi connectivity index (χ3v) is 6.27. The maximum atomic E-state index is 13.3. The van der Waals surface area contributed by atoms with Gasteiger partial charge in [-0.2, -0.15) is 0 Å². The van der Waals surface area contributed by atoms with Crippen LogP contribution in [0.15, 0.2) is 54.6 Å². The number of carbonyl (C=O) groups excluding carboxylic acids is 1. The van der Waals surface area contributed by atoms with Crippen LogP contribution in [0, 0.1) is 20.8 Å². The number of nitrogens with zero attached hydrogens (tertiary/aromatic N) is 2. The number of nitrogens with one attached hydrogen (secondary N) is 1. The second kappa shape index (κ2) is 7.69. The highest BCUT2D eigenvalue weighted by molar-refractivity contribution is 5.95. The summed E-state index contributed by atoms with van der Waals surface area (Å²) >= 11 is 0. The van der Waals surface area contributed by atoms with Crippen molar-refractivity contribution in [2.24, 2.45) is 0 Å². The number of fused-ring (bicyclic) bond motifs is 2. The lowest BCUT2D eigenvalue weighted by molar-refractivity contribution is 0.0745. The predicted molar refractivity (Wildman–Crippen MR) is 125 cm³/mol. The van der Waals surface area contributed by atoms with Crippen LogP contribution in [-0.2, 0) is 13.0 Å². The maximum absolute atomic E-state index is 13.3. The van der Waals surface area contributed by atoms with Crippen LogP contribution in [-0.4, -0.2) is 27.3 Å². The average Bonchev–Trinajstić information content (AvgIpc) is 2.98. The summed E-state index contributed by atoms with van der Waals surface area (Å²) in [5, 5.41) is 0. The van der Waals surface area contributed by atoms with Crippen LogP contribution in [0.3, 0.4) is 0 Å². The van der Waals surface area contributed by atoms with E-state index >= 15 is 0 Å². The minimum atomic E-state index is 0.130. The Kier molecular flexibility index (Phi) is 4.85. The molecule has 1 aliphatic rings. The average molecular weight is 410 g/mol. The van der Waals surface area contributed by atoms with Crippen LogP contribution < -0.4 is 0 Å². The zero-order valence-corrected chi connectivity index (χ0v) is 18.3. The van der Waals surface area contributed by atoms with Crippen LogP contribution in [0.1, 0.15) is 44.9 Å². The van der Waals surface area contributed by atoms with Crippen LogP contribution >= 0.6 is 0 Å². The Hall–Kier alpha value is -3.40. The first-order chi connectivity index (χ1) is 15.0. The number of imidazole rings is 1. The number of hydrogen-bond acceptors (Lipinski definition) is 2. The normalized spacial score (nSPS) is 13.8. The molecule has 1 aromatic heterocycles. The number of H-pyrrole nitrogens is 1. The van der Waals surface area contributed by atoms with E-state index in [2.05, 4.69) is 59.4 Å². The van der Waals surface area contributed by atoms with E-state index in [4.69, 9.17) is 0 Å². The summed E-state index contributed by atoms with van der Waals surface area (Å²) in [5.74, 6) is 1.06. The summed E-state index contributed by atoms with van der Waals surface area (Å²) in [6, 6.07) is 19.1. The molecule has 2 heterocycles. The molecule has 0 saturated heterocycles. The van der Waals surface area contributed by atoms with Gasteiger partial charge in [-0.15, -0.1) is 0 Å². The number of amides is 1. The van der Waals surface area contributed by atoms with Crippen molar-refractivity contribution in [2.75, 3.05) is 6.54 Å². The van der Waals surface area contributed by atoms with Crippen LogP contribution in [0.4, 0.5) is 0 Å². The van der Waals surface area contributed by atoms with Crippen molar-refractivity contribution in [1.82, 2.24) is 14.9 Å². The lowest BCUT2D eigenvalue weighted by Gasteiger charge is -2.22. The lowest BCUT2D eigenvalue weighted by Crippen LogP contribution is -2.31. The van der Waals surface area contributed by atoms with Crippen molar-refractivity contribution in [3.63, 3.8) is 0 Å². The molecule has 3 aromatic carbocycles. The predicted octanol–water partition coefficient (Wildman–Crippen LogP) is 5.74. The van der Waals surface area contributed by atoms with Crippen LogP contribution in [0.25, 0.3) is 22.2 Å². The molecule has 156 valence electrons. The van der Waals surface area contributed by atoms with Crippen LogP contribution in [0.5, 0.6) is 0 Å². The number of aromatic amines is 1. The topological polar surface area (TPSA) is 49.0 Å². The zero-order chi connectivity index (χ0) is 21.5. The van der Waals surface area contributed by atoms with Gasteiger partial charge in [-0.05, 0) is 85.7 Å². The number of hydrogen-bond donors (Lipinski definition) is 1. The molecule has 5 rings (SSSR count). The highest BCUT2D eigenvalue weighted by Gasteiger charge is 2.22. The van der Waals surface area contributed by atoms with E-state index in [0.717, 1.165) is 52.9 Å². The standard InChI is InChI=1S/C27H27N3O/c1-17-6-10-24(18(2)13-17)27(31)30-12-4-5-20-7-8-21(14-23(20)16-30)22-9-11-25-26(15-22)29-19(3)28-25/h6-11,13-15H,4-5,12,16H2,1-3H3,(H,28,29). The SMILES string of the molecule is Cc1ccc(C(=O)N2CCCc3ccc(-c4ccc5nc(C)[nH]c5c4)cc3C2)c(C)c1. The second-order valence-corrected chi connectivity index (χ2v) is 8.69. The van der Waals surface area contributed by atoms with Gasteiger partial charge in [-0.1, -0.05) is 35.9 Å². The Morgan fingerprint density at radius 2 is 1.74 bits per heavy atom. The molecule has 31 heavy (non-hydrogen) atoms. The third kappa shape index (κ3) is 3.74. The quantitative estimate of drug-likeness (QED) is 0.459. The lowest BCUT2D eigenvalue weighted by atomic mass is 9.97. The highest BCUT2D eigenvalue weighted by Crippen LogP contribution is 2.29. The van der Waals surface area contributed by atoms with E-state index in [1.54, 1.807) is 0 Å². The van der Waals surface area contributed by atoms with Gasteiger partial charge in [-0.3, -0.25) is 4.79 Å². The van der Waals surface area contributed by atoms with E-state index in [9.17, 15) is 4.79 Å². The van der Waals surface area contributed by atoms with E-state index in [0.29, 0.717) is 6.54 Å². The van der Waals surface area contributed by atoms with Gasteiger partial charge < -0.3 is 9.88 Å². The minimum Gasteiger partial charge on any atom is -0.342 e. The molecule has 0 spiro atoms. The fraction of sp³-hybridized carbons (Fsp3) is 0.259. The van der Waals surface area contributed by atoms with Crippen molar-refractivity contribution in [1.29, 1.82) is 0 Å². The number of aryl methyl sites for hydroxylation is 4. The molecule has 4 aromatic rings. The molecule has 0 saturated carbocycles. The first-order valence-corrected chi connectivity index (χ1v) is 10.9. The van der Waals surface area contributed by atoms with Crippen molar-refractivity contribution < 1.29 is 4.79 Å². The van der Waals surface area contributed by atoms with Gasteiger partial charge in [0, 0.05) is 18.7 Å². The fourth-order valence-electron chi connectivity index (χ4n) is 4.66. The second-order valence-electron chi connectivity index (χ2n) is 8.69. The molecule has 1 aliphatic heterocycles. The summed E-state index contributed by atoms with van der Waals surface area (Å²) in [6.07, 6.45) is 1.99. The van der Waals surface area contributed by atoms with Crippen molar-refractivity contribution >= 4 is 16.9 Å². The molecular formula is C27H27N3O. The van der Waals surface area contributed by atoms with Crippen molar-refractivity contribution in [2.45, 2.75) is 40.2 Å². The molecule has 1 N–H and O–H groups in total. The zero-order valence-electron chi connectivity index (χ0n) is 18.3. The summed E-state index contributed by atoms with van der Waals surface area (Å²) in [4.78, 5) is 23.1. The van der Waals surface area contributed by atoms with Crippen molar-refractivity contribution in [3.8, 4) is 11.1 Å². The van der Waals surface area contributed by atoms with E-state index in [1.807, 2.05) is 30.9 Å². The first kappa shape index (κ1) is 19.6. The highest BCUT2D eigenvalue weighted by atomic mass is 16.2. The Morgan fingerprint density at radius 3 is 2.58 bits per heavy atom. The Labute approximate surface area is 182 Å². The Balaban J connectivity index is 1.47. The number of aromatic nitrogens is 2. The summed E-state index contributed by atoms with van der Waals surface area (Å²) < 4.78 is 0. The largest absolute Gasteiger partial charge is 0.342 e. The fourth-order valence-corrected chi connectivity index (χ4v) is 4.66. The van der Waals surface area contributed by atoms with E-state index in [-0.39, 0.29) is 5.91 Å². The molecule has 0 unspecified atom stereocenters. The van der Waals surface area contributed by atoms with Gasteiger partial charge in [0.1, 0.15) is 5.82 Å². The third-order valence-electron chi connectivity index (χ3n) is 6.27. The minimum absolute atomic E-state index is 0.130. The van der Waals surface area contributed by atoms with E-state index in [1.165, 1.54) is 22.3 Å².